The van der Waals surface area contributed by atoms with Gasteiger partial charge in [0, 0.05) is 0 Å². The predicted molar refractivity (Wildman–Crippen MR) is 84.9 cm³/mol. The first-order valence-electron chi connectivity index (χ1n) is 7.45. The van der Waals surface area contributed by atoms with E-state index >= 15 is 0 Å². The van der Waals surface area contributed by atoms with Crippen LogP contribution in [-0.4, -0.2) is 19.0 Å². The topological polar surface area (TPSA) is 41.1 Å². The molecule has 3 heteroatoms. The maximum Gasteiger partial charge on any atom is 0.234 e. The molecule has 0 saturated carbocycles. The second-order valence-corrected chi connectivity index (χ2v) is 6.34. The van der Waals surface area contributed by atoms with Crippen LogP contribution in [0.15, 0.2) is 24.3 Å². The van der Waals surface area contributed by atoms with Crippen molar-refractivity contribution >= 4 is 5.91 Å². The standard InChI is InChI=1S/C17H28N2O/c1-6-11-18-12-16(20)19-13(2)14-7-9-15(10-8-14)17(3,4)5/h7-10,13,18H,6,11-12H2,1-5H3,(H,19,20). The van der Waals surface area contributed by atoms with Crippen molar-refractivity contribution in [1.29, 1.82) is 0 Å². The molecule has 1 unspecified atom stereocenters. The van der Waals surface area contributed by atoms with Crippen LogP contribution in [0.25, 0.3) is 0 Å². The first-order chi connectivity index (χ1) is 9.34. The summed E-state index contributed by atoms with van der Waals surface area (Å²) in [4.78, 5) is 11.8. The molecule has 2 N–H and O–H groups in total. The van der Waals surface area contributed by atoms with Gasteiger partial charge in [-0.1, -0.05) is 52.0 Å². The lowest BCUT2D eigenvalue weighted by molar-refractivity contribution is -0.120. The fraction of sp³-hybridized carbons (Fsp3) is 0.588. The zero-order valence-corrected chi connectivity index (χ0v) is 13.4. The monoisotopic (exact) mass is 276 g/mol. The van der Waals surface area contributed by atoms with E-state index in [9.17, 15) is 4.79 Å². The Kier molecular flexibility index (Phi) is 6.21. The molecule has 0 heterocycles. The van der Waals surface area contributed by atoms with Gasteiger partial charge in [0.25, 0.3) is 0 Å². The van der Waals surface area contributed by atoms with E-state index in [1.807, 2.05) is 6.92 Å². The van der Waals surface area contributed by atoms with Crippen LogP contribution in [0.2, 0.25) is 0 Å². The molecule has 0 aliphatic carbocycles. The van der Waals surface area contributed by atoms with Gasteiger partial charge in [-0.25, -0.2) is 0 Å². The van der Waals surface area contributed by atoms with Crippen molar-refractivity contribution in [3.63, 3.8) is 0 Å². The average Bonchev–Trinajstić information content (AvgIpc) is 2.38. The average molecular weight is 276 g/mol. The maximum absolute atomic E-state index is 11.8. The van der Waals surface area contributed by atoms with Gasteiger partial charge in [-0.15, -0.1) is 0 Å². The van der Waals surface area contributed by atoms with Gasteiger partial charge in [-0.3, -0.25) is 4.79 Å². The highest BCUT2D eigenvalue weighted by Gasteiger charge is 2.14. The summed E-state index contributed by atoms with van der Waals surface area (Å²) in [6, 6.07) is 8.54. The highest BCUT2D eigenvalue weighted by atomic mass is 16.1. The first kappa shape index (κ1) is 16.7. The number of carbonyl (C=O) groups is 1. The molecule has 1 aromatic rings. The minimum Gasteiger partial charge on any atom is -0.348 e. The Labute approximate surface area is 123 Å². The molecule has 112 valence electrons. The number of carbonyl (C=O) groups excluding carboxylic acids is 1. The molecule has 1 atom stereocenters. The first-order valence-corrected chi connectivity index (χ1v) is 7.45. The number of hydrogen-bond donors (Lipinski definition) is 2. The summed E-state index contributed by atoms with van der Waals surface area (Å²) in [6.45, 7) is 12.0. The van der Waals surface area contributed by atoms with Crippen molar-refractivity contribution in [3.05, 3.63) is 35.4 Å². The van der Waals surface area contributed by atoms with Gasteiger partial charge < -0.3 is 10.6 Å². The van der Waals surface area contributed by atoms with Gasteiger partial charge in [0.1, 0.15) is 0 Å². The molecule has 0 saturated heterocycles. The van der Waals surface area contributed by atoms with Crippen LogP contribution >= 0.6 is 0 Å². The number of nitrogens with one attached hydrogen (secondary N) is 2. The zero-order valence-electron chi connectivity index (χ0n) is 13.4. The van der Waals surface area contributed by atoms with Crippen LogP contribution in [0.5, 0.6) is 0 Å². The van der Waals surface area contributed by atoms with E-state index in [0.717, 1.165) is 18.5 Å². The third kappa shape index (κ3) is 5.33. The molecule has 0 bridgehead atoms. The van der Waals surface area contributed by atoms with Crippen molar-refractivity contribution < 1.29 is 4.79 Å². The summed E-state index contributed by atoms with van der Waals surface area (Å²) in [5.41, 5.74) is 2.61. The van der Waals surface area contributed by atoms with Crippen LogP contribution in [0.4, 0.5) is 0 Å². The van der Waals surface area contributed by atoms with E-state index in [1.165, 1.54) is 5.56 Å². The molecule has 0 aliphatic rings. The highest BCUT2D eigenvalue weighted by molar-refractivity contribution is 5.78. The van der Waals surface area contributed by atoms with E-state index in [2.05, 4.69) is 62.6 Å². The van der Waals surface area contributed by atoms with Gasteiger partial charge in [-0.2, -0.15) is 0 Å². The predicted octanol–water partition coefficient (Wildman–Crippen LogP) is 3.16. The summed E-state index contributed by atoms with van der Waals surface area (Å²) in [5.74, 6) is 0.0471. The van der Waals surface area contributed by atoms with E-state index in [4.69, 9.17) is 0 Å². The number of hydrogen-bond acceptors (Lipinski definition) is 2. The second-order valence-electron chi connectivity index (χ2n) is 6.34. The lowest BCUT2D eigenvalue weighted by Gasteiger charge is -2.20. The molecule has 20 heavy (non-hydrogen) atoms. The smallest absolute Gasteiger partial charge is 0.234 e. The van der Waals surface area contributed by atoms with E-state index in [-0.39, 0.29) is 17.4 Å². The second kappa shape index (κ2) is 7.44. The minimum absolute atomic E-state index is 0.0416. The Hall–Kier alpha value is -1.35. The van der Waals surface area contributed by atoms with Crippen molar-refractivity contribution in [1.82, 2.24) is 10.6 Å². The molecule has 0 aromatic heterocycles. The van der Waals surface area contributed by atoms with E-state index in [0.29, 0.717) is 6.54 Å². The SMILES string of the molecule is CCCNCC(=O)NC(C)c1ccc(C(C)(C)C)cc1. The normalized spacial score (nSPS) is 13.1. The van der Waals surface area contributed by atoms with Gasteiger partial charge in [0.05, 0.1) is 12.6 Å². The Bertz CT molecular complexity index is 418. The quantitative estimate of drug-likeness (QED) is 0.784. The number of benzene rings is 1. The Morgan fingerprint density at radius 3 is 2.30 bits per heavy atom. The Balaban J connectivity index is 2.55. The molecule has 0 radical (unpaired) electrons. The fourth-order valence-corrected chi connectivity index (χ4v) is 2.03. The highest BCUT2D eigenvalue weighted by Crippen LogP contribution is 2.23. The summed E-state index contributed by atoms with van der Waals surface area (Å²) in [6.07, 6.45) is 1.04. The van der Waals surface area contributed by atoms with Crippen LogP contribution in [0.1, 0.15) is 58.2 Å². The molecule has 3 nitrogen and oxygen atoms in total. The van der Waals surface area contributed by atoms with Crippen LogP contribution in [-0.2, 0) is 10.2 Å². The zero-order chi connectivity index (χ0) is 15.2. The van der Waals surface area contributed by atoms with Crippen molar-refractivity contribution in [2.24, 2.45) is 0 Å². The summed E-state index contributed by atoms with van der Waals surface area (Å²) < 4.78 is 0. The van der Waals surface area contributed by atoms with Gasteiger partial charge in [-0.05, 0) is 36.4 Å². The van der Waals surface area contributed by atoms with Crippen LogP contribution < -0.4 is 10.6 Å². The fourth-order valence-electron chi connectivity index (χ4n) is 2.03. The third-order valence-electron chi connectivity index (χ3n) is 3.37. The van der Waals surface area contributed by atoms with Crippen molar-refractivity contribution in [2.45, 2.75) is 52.5 Å². The van der Waals surface area contributed by atoms with E-state index < -0.39 is 0 Å². The molecular formula is C17H28N2O. The Morgan fingerprint density at radius 1 is 1.20 bits per heavy atom. The van der Waals surface area contributed by atoms with Crippen molar-refractivity contribution in [2.75, 3.05) is 13.1 Å². The molecular weight excluding hydrogens is 248 g/mol. The molecule has 0 fully saturated rings. The van der Waals surface area contributed by atoms with Gasteiger partial charge >= 0.3 is 0 Å². The Morgan fingerprint density at radius 2 is 1.80 bits per heavy atom. The van der Waals surface area contributed by atoms with Crippen LogP contribution in [0, 0.1) is 0 Å². The largest absolute Gasteiger partial charge is 0.348 e. The summed E-state index contributed by atoms with van der Waals surface area (Å²) >= 11 is 0. The van der Waals surface area contributed by atoms with Crippen molar-refractivity contribution in [3.8, 4) is 0 Å². The molecule has 1 aromatic carbocycles. The lowest BCUT2D eigenvalue weighted by Crippen LogP contribution is -2.35. The number of amides is 1. The minimum atomic E-state index is 0.0416. The summed E-state index contributed by atoms with van der Waals surface area (Å²) in [7, 11) is 0. The lowest BCUT2D eigenvalue weighted by atomic mass is 9.86. The molecule has 0 spiro atoms. The van der Waals surface area contributed by atoms with Gasteiger partial charge in [0.2, 0.25) is 5.91 Å². The molecule has 0 aliphatic heterocycles. The maximum atomic E-state index is 11.8. The van der Waals surface area contributed by atoms with Crippen LogP contribution in [0.3, 0.4) is 0 Å². The number of rotatable bonds is 6. The molecule has 1 amide bonds. The van der Waals surface area contributed by atoms with E-state index in [1.54, 1.807) is 0 Å². The third-order valence-corrected chi connectivity index (χ3v) is 3.37. The molecule has 1 rings (SSSR count). The summed E-state index contributed by atoms with van der Waals surface area (Å²) in [5, 5.41) is 6.12. The van der Waals surface area contributed by atoms with Gasteiger partial charge in [0.15, 0.2) is 0 Å².